The molecule has 0 aliphatic rings. The van der Waals surface area contributed by atoms with Crippen molar-refractivity contribution in [2.75, 3.05) is 18.5 Å². The zero-order valence-corrected chi connectivity index (χ0v) is 11.5. The molecule has 0 aliphatic heterocycles. The minimum Gasteiger partial charge on any atom is -0.396 e. The Hall–Kier alpha value is -0.580. The van der Waals surface area contributed by atoms with Gasteiger partial charge in [-0.05, 0) is 18.3 Å². The molecule has 0 aromatic carbocycles. The maximum atomic E-state index is 8.82. The lowest BCUT2D eigenvalue weighted by atomic mass is 9.88. The summed E-state index contributed by atoms with van der Waals surface area (Å²) >= 11 is 11.6. The van der Waals surface area contributed by atoms with Crippen molar-refractivity contribution in [1.82, 2.24) is 10.2 Å². The van der Waals surface area contributed by atoms with Gasteiger partial charge in [0.05, 0.1) is 5.69 Å². The Balaban J connectivity index is 2.57. The number of nitrogens with zero attached hydrogens (tertiary/aromatic N) is 2. The first-order valence-electron chi connectivity index (χ1n) is 5.48. The minimum absolute atomic E-state index is 0.0712. The summed E-state index contributed by atoms with van der Waals surface area (Å²) in [4.78, 5) is 0. The van der Waals surface area contributed by atoms with Crippen LogP contribution in [0.25, 0.3) is 0 Å². The van der Waals surface area contributed by atoms with Crippen LogP contribution in [0.5, 0.6) is 0 Å². The number of anilines is 1. The Morgan fingerprint density at radius 1 is 1.35 bits per heavy atom. The third-order valence-corrected chi connectivity index (χ3v) is 2.95. The van der Waals surface area contributed by atoms with E-state index in [2.05, 4.69) is 29.4 Å². The molecule has 4 nitrogen and oxygen atoms in total. The standard InChI is InChI=1S/C11H17Cl2N3O/c1-11(2,4-3-5-17)7-14-8-6-9(12)15-16-10(8)13/h6,17H,3-5,7H2,1-2H3,(H,14,15). The third kappa shape index (κ3) is 5.06. The van der Waals surface area contributed by atoms with E-state index >= 15 is 0 Å². The van der Waals surface area contributed by atoms with Crippen molar-refractivity contribution in [2.45, 2.75) is 26.7 Å². The van der Waals surface area contributed by atoms with Gasteiger partial charge in [-0.1, -0.05) is 37.0 Å². The molecule has 6 heteroatoms. The van der Waals surface area contributed by atoms with Crippen LogP contribution in [-0.2, 0) is 0 Å². The van der Waals surface area contributed by atoms with Crippen molar-refractivity contribution in [2.24, 2.45) is 5.41 Å². The van der Waals surface area contributed by atoms with Gasteiger partial charge in [0, 0.05) is 19.2 Å². The van der Waals surface area contributed by atoms with E-state index < -0.39 is 0 Å². The van der Waals surface area contributed by atoms with Gasteiger partial charge in [-0.15, -0.1) is 10.2 Å². The van der Waals surface area contributed by atoms with Crippen molar-refractivity contribution < 1.29 is 5.11 Å². The van der Waals surface area contributed by atoms with Crippen molar-refractivity contribution in [3.63, 3.8) is 0 Å². The van der Waals surface area contributed by atoms with E-state index in [1.807, 2.05) is 0 Å². The van der Waals surface area contributed by atoms with Gasteiger partial charge in [-0.25, -0.2) is 0 Å². The Labute approximate surface area is 111 Å². The topological polar surface area (TPSA) is 58.0 Å². The lowest BCUT2D eigenvalue weighted by molar-refractivity contribution is 0.248. The van der Waals surface area contributed by atoms with Crippen LogP contribution in [0.3, 0.4) is 0 Å². The molecule has 0 bridgehead atoms. The Morgan fingerprint density at radius 2 is 2.06 bits per heavy atom. The molecule has 1 heterocycles. The van der Waals surface area contributed by atoms with Crippen molar-refractivity contribution in [1.29, 1.82) is 0 Å². The number of aromatic nitrogens is 2. The normalized spacial score (nSPS) is 11.6. The highest BCUT2D eigenvalue weighted by atomic mass is 35.5. The monoisotopic (exact) mass is 277 g/mol. The molecular formula is C11H17Cl2N3O. The van der Waals surface area contributed by atoms with Gasteiger partial charge >= 0.3 is 0 Å². The van der Waals surface area contributed by atoms with Gasteiger partial charge in [-0.2, -0.15) is 0 Å². The van der Waals surface area contributed by atoms with E-state index in [1.54, 1.807) is 6.07 Å². The average molecular weight is 278 g/mol. The molecule has 1 aromatic heterocycles. The summed E-state index contributed by atoms with van der Waals surface area (Å²) in [7, 11) is 0. The van der Waals surface area contributed by atoms with Crippen LogP contribution in [0.1, 0.15) is 26.7 Å². The molecule has 0 atom stereocenters. The molecule has 0 fully saturated rings. The zero-order chi connectivity index (χ0) is 12.9. The van der Waals surface area contributed by atoms with Gasteiger partial charge < -0.3 is 10.4 Å². The molecule has 0 unspecified atom stereocenters. The fourth-order valence-corrected chi connectivity index (χ4v) is 1.76. The summed E-state index contributed by atoms with van der Waals surface area (Å²) in [6.07, 6.45) is 1.72. The number of nitrogens with one attached hydrogen (secondary N) is 1. The van der Waals surface area contributed by atoms with Crippen molar-refractivity contribution >= 4 is 28.9 Å². The van der Waals surface area contributed by atoms with Crippen LogP contribution >= 0.6 is 23.2 Å². The zero-order valence-electron chi connectivity index (χ0n) is 10.0. The number of hydrogen-bond donors (Lipinski definition) is 2. The highest BCUT2D eigenvalue weighted by Crippen LogP contribution is 2.26. The molecule has 0 saturated carbocycles. The summed E-state index contributed by atoms with van der Waals surface area (Å²) in [5.41, 5.74) is 0.755. The van der Waals surface area contributed by atoms with E-state index in [-0.39, 0.29) is 12.0 Å². The van der Waals surface area contributed by atoms with Gasteiger partial charge in [0.1, 0.15) is 0 Å². The lowest BCUT2D eigenvalue weighted by Crippen LogP contribution is -2.23. The quantitative estimate of drug-likeness (QED) is 0.839. The fourth-order valence-electron chi connectivity index (χ4n) is 1.46. The van der Waals surface area contributed by atoms with E-state index in [9.17, 15) is 0 Å². The number of halogens is 2. The molecule has 2 N–H and O–H groups in total. The van der Waals surface area contributed by atoms with Gasteiger partial charge in [-0.3, -0.25) is 0 Å². The summed E-state index contributed by atoms with van der Waals surface area (Å²) in [6.45, 7) is 5.20. The second kappa shape index (κ2) is 6.38. The molecule has 96 valence electrons. The smallest absolute Gasteiger partial charge is 0.174 e. The minimum atomic E-state index is 0.0712. The van der Waals surface area contributed by atoms with Gasteiger partial charge in [0.15, 0.2) is 10.3 Å². The van der Waals surface area contributed by atoms with Crippen LogP contribution < -0.4 is 5.32 Å². The largest absolute Gasteiger partial charge is 0.396 e. The average Bonchev–Trinajstić information content (AvgIpc) is 2.28. The molecule has 0 radical (unpaired) electrons. The second-order valence-electron chi connectivity index (χ2n) is 4.72. The van der Waals surface area contributed by atoms with Crippen LogP contribution in [0.4, 0.5) is 5.69 Å². The highest BCUT2D eigenvalue weighted by Gasteiger charge is 2.17. The third-order valence-electron chi connectivity index (χ3n) is 2.49. The predicted molar refractivity (Wildman–Crippen MR) is 70.6 cm³/mol. The second-order valence-corrected chi connectivity index (χ2v) is 5.46. The van der Waals surface area contributed by atoms with Gasteiger partial charge in [0.25, 0.3) is 0 Å². The highest BCUT2D eigenvalue weighted by molar-refractivity contribution is 6.33. The fraction of sp³-hybridized carbons (Fsp3) is 0.636. The predicted octanol–water partition coefficient (Wildman–Crippen LogP) is 2.99. The van der Waals surface area contributed by atoms with E-state index in [1.165, 1.54) is 0 Å². The molecule has 0 aliphatic carbocycles. The van der Waals surface area contributed by atoms with Gasteiger partial charge in [0.2, 0.25) is 0 Å². The SMILES string of the molecule is CC(C)(CCCO)CNc1cc(Cl)nnc1Cl. The van der Waals surface area contributed by atoms with E-state index in [0.29, 0.717) is 16.0 Å². The number of aliphatic hydroxyl groups is 1. The number of hydrogen-bond acceptors (Lipinski definition) is 4. The number of aliphatic hydroxyl groups excluding tert-OH is 1. The molecule has 1 aromatic rings. The Morgan fingerprint density at radius 3 is 2.71 bits per heavy atom. The van der Waals surface area contributed by atoms with E-state index in [0.717, 1.165) is 19.4 Å². The first-order valence-corrected chi connectivity index (χ1v) is 6.24. The van der Waals surface area contributed by atoms with Crippen molar-refractivity contribution in [3.05, 3.63) is 16.4 Å². The van der Waals surface area contributed by atoms with Crippen LogP contribution in [0, 0.1) is 5.41 Å². The maximum Gasteiger partial charge on any atom is 0.174 e. The molecule has 0 saturated heterocycles. The molecule has 0 spiro atoms. The molecule has 1 rings (SSSR count). The maximum absolute atomic E-state index is 8.82. The first-order chi connectivity index (χ1) is 7.94. The van der Waals surface area contributed by atoms with E-state index in [4.69, 9.17) is 28.3 Å². The Kier molecular flexibility index (Phi) is 5.43. The summed E-state index contributed by atoms with van der Waals surface area (Å²) in [5.74, 6) is 0. The van der Waals surface area contributed by atoms with Crippen LogP contribution in [-0.4, -0.2) is 28.5 Å². The van der Waals surface area contributed by atoms with Crippen molar-refractivity contribution in [3.8, 4) is 0 Å². The summed E-state index contributed by atoms with van der Waals surface area (Å²) in [5, 5.41) is 20.0. The Bertz CT molecular complexity index is 372. The van der Waals surface area contributed by atoms with Crippen LogP contribution in [0.2, 0.25) is 10.3 Å². The first kappa shape index (κ1) is 14.5. The summed E-state index contributed by atoms with van der Waals surface area (Å²) < 4.78 is 0. The summed E-state index contributed by atoms with van der Waals surface area (Å²) in [6, 6.07) is 1.65. The lowest BCUT2D eigenvalue weighted by Gasteiger charge is -2.25. The number of rotatable bonds is 6. The molecular weight excluding hydrogens is 261 g/mol. The van der Waals surface area contributed by atoms with Crippen LogP contribution in [0.15, 0.2) is 6.07 Å². The molecule has 0 amide bonds. The molecule has 17 heavy (non-hydrogen) atoms.